The second-order valence-corrected chi connectivity index (χ2v) is 7.07. The molecule has 30 heavy (non-hydrogen) atoms. The Bertz CT molecular complexity index is 970. The van der Waals surface area contributed by atoms with Crippen molar-refractivity contribution in [3.8, 4) is 11.5 Å². The van der Waals surface area contributed by atoms with Gasteiger partial charge in [0, 0.05) is 5.56 Å². The lowest BCUT2D eigenvalue weighted by molar-refractivity contribution is -0.145. The van der Waals surface area contributed by atoms with Crippen LogP contribution in [0.3, 0.4) is 0 Å². The van der Waals surface area contributed by atoms with E-state index in [9.17, 15) is 9.59 Å². The highest BCUT2D eigenvalue weighted by atomic mass is 32.2. The standard InChI is InChI=1S/C22H22N2O5S/c1-3-27-17-11-9-16(10-12-17)23-22-24-21(26)19(30-22)13-15-7-5-6-8-18(15)29-14-20(25)28-4-2/h5-13H,3-4,14H2,1-2H3,(H,23,24,26)/b19-13+. The number of amides is 1. The summed E-state index contributed by atoms with van der Waals surface area (Å²) in [5.41, 5.74) is 1.39. The van der Waals surface area contributed by atoms with Crippen LogP contribution in [0.1, 0.15) is 19.4 Å². The summed E-state index contributed by atoms with van der Waals surface area (Å²) in [6.07, 6.45) is 1.71. The Morgan fingerprint density at radius 2 is 1.83 bits per heavy atom. The van der Waals surface area contributed by atoms with Crippen LogP contribution in [-0.4, -0.2) is 36.9 Å². The molecule has 0 aliphatic carbocycles. The summed E-state index contributed by atoms with van der Waals surface area (Å²) >= 11 is 1.24. The van der Waals surface area contributed by atoms with E-state index in [1.54, 1.807) is 25.1 Å². The fourth-order valence-electron chi connectivity index (χ4n) is 2.59. The van der Waals surface area contributed by atoms with Crippen LogP contribution in [0, 0.1) is 0 Å². The average molecular weight is 426 g/mol. The SMILES string of the molecule is CCOC(=O)COc1ccccc1/C=C1/SC(=Nc2ccc(OCC)cc2)NC1=O. The summed E-state index contributed by atoms with van der Waals surface area (Å²) in [5.74, 6) is 0.565. The van der Waals surface area contributed by atoms with Crippen LogP contribution in [-0.2, 0) is 14.3 Å². The van der Waals surface area contributed by atoms with E-state index in [1.165, 1.54) is 11.8 Å². The molecular formula is C22H22N2O5S. The van der Waals surface area contributed by atoms with Gasteiger partial charge in [0.05, 0.1) is 23.8 Å². The molecule has 156 valence electrons. The zero-order chi connectivity index (χ0) is 21.3. The van der Waals surface area contributed by atoms with Crippen molar-refractivity contribution in [2.24, 2.45) is 4.99 Å². The molecule has 1 amide bonds. The van der Waals surface area contributed by atoms with Crippen LogP contribution in [0.15, 0.2) is 58.4 Å². The number of benzene rings is 2. The Balaban J connectivity index is 1.72. The molecule has 1 aliphatic rings. The largest absolute Gasteiger partial charge is 0.494 e. The molecule has 1 heterocycles. The van der Waals surface area contributed by atoms with Crippen molar-refractivity contribution in [3.63, 3.8) is 0 Å². The topological polar surface area (TPSA) is 86.2 Å². The third-order valence-electron chi connectivity index (χ3n) is 3.89. The smallest absolute Gasteiger partial charge is 0.344 e. The van der Waals surface area contributed by atoms with Gasteiger partial charge in [0.25, 0.3) is 5.91 Å². The highest BCUT2D eigenvalue weighted by Crippen LogP contribution is 2.31. The predicted octanol–water partition coefficient (Wildman–Crippen LogP) is 3.92. The summed E-state index contributed by atoms with van der Waals surface area (Å²) < 4.78 is 15.8. The van der Waals surface area contributed by atoms with Gasteiger partial charge in [0.2, 0.25) is 0 Å². The molecule has 1 saturated heterocycles. The first kappa shape index (κ1) is 21.4. The van der Waals surface area contributed by atoms with Gasteiger partial charge in [-0.15, -0.1) is 0 Å². The van der Waals surface area contributed by atoms with E-state index in [1.807, 2.05) is 43.3 Å². The van der Waals surface area contributed by atoms with E-state index in [-0.39, 0.29) is 12.5 Å². The van der Waals surface area contributed by atoms with Gasteiger partial charge >= 0.3 is 5.97 Å². The number of thioether (sulfide) groups is 1. The zero-order valence-corrected chi connectivity index (χ0v) is 17.5. The van der Waals surface area contributed by atoms with Gasteiger partial charge in [-0.25, -0.2) is 9.79 Å². The molecule has 0 saturated carbocycles. The minimum absolute atomic E-state index is 0.197. The summed E-state index contributed by atoms with van der Waals surface area (Å²) in [4.78, 5) is 28.9. The van der Waals surface area contributed by atoms with Crippen molar-refractivity contribution < 1.29 is 23.8 Å². The van der Waals surface area contributed by atoms with Crippen LogP contribution in [0.5, 0.6) is 11.5 Å². The molecule has 1 N–H and O–H groups in total. The number of hydrogen-bond acceptors (Lipinski definition) is 7. The number of carbonyl (C=O) groups is 2. The summed E-state index contributed by atoms with van der Waals surface area (Å²) in [7, 11) is 0. The van der Waals surface area contributed by atoms with Gasteiger partial charge in [0.15, 0.2) is 11.8 Å². The van der Waals surface area contributed by atoms with Gasteiger partial charge in [0.1, 0.15) is 11.5 Å². The van der Waals surface area contributed by atoms with Crippen molar-refractivity contribution in [1.29, 1.82) is 0 Å². The number of aliphatic imine (C=N–C) groups is 1. The van der Waals surface area contributed by atoms with Crippen LogP contribution in [0.2, 0.25) is 0 Å². The van der Waals surface area contributed by atoms with Crippen molar-refractivity contribution in [1.82, 2.24) is 5.32 Å². The Labute approximate surface area is 179 Å². The average Bonchev–Trinajstić information content (AvgIpc) is 3.08. The van der Waals surface area contributed by atoms with Crippen LogP contribution >= 0.6 is 11.8 Å². The lowest BCUT2D eigenvalue weighted by atomic mass is 10.2. The quantitative estimate of drug-likeness (QED) is 0.509. The van der Waals surface area contributed by atoms with Gasteiger partial charge in [-0.1, -0.05) is 18.2 Å². The number of esters is 1. The molecule has 0 radical (unpaired) electrons. The number of rotatable bonds is 8. The van der Waals surface area contributed by atoms with E-state index in [0.29, 0.717) is 40.3 Å². The molecule has 2 aromatic carbocycles. The molecule has 3 rings (SSSR count). The Morgan fingerprint density at radius 3 is 2.57 bits per heavy atom. The number of amidine groups is 1. The second kappa shape index (κ2) is 10.5. The second-order valence-electron chi connectivity index (χ2n) is 6.04. The molecule has 8 heteroatoms. The van der Waals surface area contributed by atoms with Gasteiger partial charge in [-0.3, -0.25) is 4.79 Å². The maximum atomic E-state index is 12.4. The number of ether oxygens (including phenoxy) is 3. The molecule has 2 aromatic rings. The minimum atomic E-state index is -0.447. The molecule has 0 atom stereocenters. The Morgan fingerprint density at radius 1 is 1.07 bits per heavy atom. The van der Waals surface area contributed by atoms with Gasteiger partial charge in [-0.05, 0) is 62.0 Å². The lowest BCUT2D eigenvalue weighted by Crippen LogP contribution is -2.19. The maximum Gasteiger partial charge on any atom is 0.344 e. The first-order valence-electron chi connectivity index (χ1n) is 9.49. The molecule has 1 fully saturated rings. The van der Waals surface area contributed by atoms with Crippen LogP contribution in [0.4, 0.5) is 5.69 Å². The van der Waals surface area contributed by atoms with E-state index < -0.39 is 5.97 Å². The number of nitrogens with one attached hydrogen (secondary N) is 1. The minimum Gasteiger partial charge on any atom is -0.494 e. The van der Waals surface area contributed by atoms with Crippen LogP contribution < -0.4 is 14.8 Å². The van der Waals surface area contributed by atoms with Crippen molar-refractivity contribution in [2.45, 2.75) is 13.8 Å². The monoisotopic (exact) mass is 426 g/mol. The van der Waals surface area contributed by atoms with Crippen LogP contribution in [0.25, 0.3) is 6.08 Å². The number of hydrogen-bond donors (Lipinski definition) is 1. The third-order valence-corrected chi connectivity index (χ3v) is 4.80. The Kier molecular flexibility index (Phi) is 7.51. The van der Waals surface area contributed by atoms with E-state index >= 15 is 0 Å². The van der Waals surface area contributed by atoms with E-state index in [4.69, 9.17) is 14.2 Å². The third kappa shape index (κ3) is 5.87. The Hall–Kier alpha value is -3.26. The number of nitrogens with zero attached hydrogens (tertiary/aromatic N) is 1. The number of carbonyl (C=O) groups excluding carboxylic acids is 2. The molecule has 1 aliphatic heterocycles. The predicted molar refractivity (Wildman–Crippen MR) is 117 cm³/mol. The molecule has 0 aromatic heterocycles. The fraction of sp³-hybridized carbons (Fsp3) is 0.227. The number of para-hydroxylation sites is 1. The summed E-state index contributed by atoms with van der Waals surface area (Å²) in [6.45, 7) is 4.35. The highest BCUT2D eigenvalue weighted by molar-refractivity contribution is 8.18. The van der Waals surface area contributed by atoms with Gasteiger partial charge in [-0.2, -0.15) is 0 Å². The molecule has 0 spiro atoms. The maximum absolute atomic E-state index is 12.4. The molecular weight excluding hydrogens is 404 g/mol. The zero-order valence-electron chi connectivity index (χ0n) is 16.7. The normalized spacial score (nSPS) is 15.9. The highest BCUT2D eigenvalue weighted by Gasteiger charge is 2.24. The van der Waals surface area contributed by atoms with Crippen molar-refractivity contribution in [2.75, 3.05) is 19.8 Å². The van der Waals surface area contributed by atoms with Crippen molar-refractivity contribution >= 4 is 40.6 Å². The molecule has 0 bridgehead atoms. The lowest BCUT2D eigenvalue weighted by Gasteiger charge is -2.08. The van der Waals surface area contributed by atoms with E-state index in [2.05, 4.69) is 10.3 Å². The first-order chi connectivity index (χ1) is 14.6. The first-order valence-corrected chi connectivity index (χ1v) is 10.3. The molecule has 7 nitrogen and oxygen atoms in total. The fourth-order valence-corrected chi connectivity index (χ4v) is 3.43. The van der Waals surface area contributed by atoms with Gasteiger partial charge < -0.3 is 19.5 Å². The molecule has 0 unspecified atom stereocenters. The van der Waals surface area contributed by atoms with Crippen molar-refractivity contribution in [3.05, 3.63) is 59.0 Å². The van der Waals surface area contributed by atoms with E-state index in [0.717, 1.165) is 5.75 Å². The summed E-state index contributed by atoms with van der Waals surface area (Å²) in [6, 6.07) is 14.5. The summed E-state index contributed by atoms with van der Waals surface area (Å²) in [5, 5.41) is 3.24.